The summed E-state index contributed by atoms with van der Waals surface area (Å²) in [6.45, 7) is 5.37. The summed E-state index contributed by atoms with van der Waals surface area (Å²) in [5, 5.41) is 0. The van der Waals surface area contributed by atoms with Crippen LogP contribution in [-0.2, 0) is 14.3 Å². The van der Waals surface area contributed by atoms with Crippen LogP contribution in [-0.4, -0.2) is 43.2 Å². The summed E-state index contributed by atoms with van der Waals surface area (Å²) in [6, 6.07) is 0. The molecule has 4 heteroatoms. The van der Waals surface area contributed by atoms with E-state index in [1.807, 2.05) is 0 Å². The van der Waals surface area contributed by atoms with Crippen LogP contribution in [0.4, 0.5) is 0 Å². The quantitative estimate of drug-likeness (QED) is 0.250. The van der Waals surface area contributed by atoms with E-state index in [1.54, 1.807) is 0 Å². The fraction of sp³-hybridized carbons (Fsp3) is 0.900. The molecule has 0 radical (unpaired) electrons. The first-order valence-corrected chi connectivity index (χ1v) is 5.03. The van der Waals surface area contributed by atoms with Crippen molar-refractivity contribution in [3.05, 3.63) is 0 Å². The second kappa shape index (κ2) is 13.1. The predicted octanol–water partition coefficient (Wildman–Crippen LogP) is 0.961. The molecular formula is C10H23AlO3. The largest absolute Gasteiger partial charge is 0.346 e. The fourth-order valence-corrected chi connectivity index (χ4v) is 0.814. The maximum atomic E-state index is 10.4. The molecule has 0 saturated heterocycles. The Labute approximate surface area is 97.3 Å². The molecule has 0 saturated carbocycles. The molecule has 0 aromatic carbocycles. The Bertz CT molecular complexity index is 110. The number of ether oxygens (including phenoxy) is 2. The zero-order valence-corrected chi connectivity index (χ0v) is 8.62. The van der Waals surface area contributed by atoms with E-state index in [4.69, 9.17) is 9.47 Å². The highest BCUT2D eigenvalue weighted by Gasteiger charge is 2.05. The Morgan fingerprint density at radius 1 is 1.07 bits per heavy atom. The van der Waals surface area contributed by atoms with Gasteiger partial charge in [-0.05, 0) is 12.8 Å². The minimum Gasteiger partial charge on any atom is -0.346 e. The molecular weight excluding hydrogens is 195 g/mol. The summed E-state index contributed by atoms with van der Waals surface area (Å²) in [5.74, 6) is 0. The highest BCUT2D eigenvalue weighted by Crippen LogP contribution is 1.97. The molecule has 0 fully saturated rings. The van der Waals surface area contributed by atoms with Gasteiger partial charge < -0.3 is 9.47 Å². The molecule has 0 aliphatic carbocycles. The number of hydrogen-bond acceptors (Lipinski definition) is 3. The number of rotatable bonds is 9. The Hall–Kier alpha value is 0.122. The Morgan fingerprint density at radius 2 is 1.50 bits per heavy atom. The zero-order chi connectivity index (χ0) is 9.94. The zero-order valence-electron chi connectivity index (χ0n) is 8.62. The predicted molar refractivity (Wildman–Crippen MR) is 61.5 cm³/mol. The lowest BCUT2D eigenvalue weighted by atomic mass is 10.3. The van der Waals surface area contributed by atoms with Gasteiger partial charge in [0.05, 0.1) is 13.2 Å². The second-order valence-electron chi connectivity index (χ2n) is 2.95. The van der Waals surface area contributed by atoms with Gasteiger partial charge in [-0.25, -0.2) is 0 Å². The van der Waals surface area contributed by atoms with Crippen molar-refractivity contribution in [2.75, 3.05) is 13.2 Å². The molecule has 14 heavy (non-hydrogen) atoms. The Balaban J connectivity index is 0. The molecule has 0 amide bonds. The highest BCUT2D eigenvalue weighted by molar-refractivity contribution is 5.75. The molecule has 0 aliphatic rings. The standard InChI is InChI=1S/C10H20O3.Al.3H/c1-3-5-7-12-10(9-11)13-8-6-4-2;;;;/h9-10H,3-8H2,1-2H3;;;;. The van der Waals surface area contributed by atoms with Crippen LogP contribution in [0.2, 0.25) is 0 Å². The van der Waals surface area contributed by atoms with Crippen molar-refractivity contribution in [1.29, 1.82) is 0 Å². The number of aldehydes is 1. The SMILES string of the molecule is CCCCOC(C=O)OCCCC.[AlH3]. The lowest BCUT2D eigenvalue weighted by molar-refractivity contribution is -0.158. The molecule has 0 unspecified atom stereocenters. The lowest BCUT2D eigenvalue weighted by Crippen LogP contribution is -2.20. The van der Waals surface area contributed by atoms with E-state index in [0.717, 1.165) is 25.7 Å². The molecule has 0 bridgehead atoms. The number of carbonyl (C=O) groups excluding carboxylic acids is 1. The molecule has 0 aromatic heterocycles. The van der Waals surface area contributed by atoms with Gasteiger partial charge in [-0.15, -0.1) is 0 Å². The molecule has 0 atom stereocenters. The van der Waals surface area contributed by atoms with E-state index in [1.165, 1.54) is 0 Å². The maximum Gasteiger partial charge on any atom is 0.214 e. The van der Waals surface area contributed by atoms with E-state index in [9.17, 15) is 4.79 Å². The van der Waals surface area contributed by atoms with Gasteiger partial charge in [0.1, 0.15) is 0 Å². The van der Waals surface area contributed by atoms with Crippen LogP contribution in [0.5, 0.6) is 0 Å². The van der Waals surface area contributed by atoms with Gasteiger partial charge in [-0.3, -0.25) is 4.79 Å². The van der Waals surface area contributed by atoms with Crippen LogP contribution < -0.4 is 0 Å². The van der Waals surface area contributed by atoms with Gasteiger partial charge in [0, 0.05) is 0 Å². The molecule has 0 aliphatic heterocycles. The van der Waals surface area contributed by atoms with Crippen molar-refractivity contribution in [1.82, 2.24) is 0 Å². The normalized spacial score (nSPS) is 9.93. The lowest BCUT2D eigenvalue weighted by Gasteiger charge is -2.11. The molecule has 0 spiro atoms. The summed E-state index contributed by atoms with van der Waals surface area (Å²) in [4.78, 5) is 10.4. The van der Waals surface area contributed by atoms with Crippen molar-refractivity contribution < 1.29 is 14.3 Å². The van der Waals surface area contributed by atoms with E-state index >= 15 is 0 Å². The first kappa shape index (κ1) is 16.5. The summed E-state index contributed by atoms with van der Waals surface area (Å²) < 4.78 is 10.4. The first-order valence-electron chi connectivity index (χ1n) is 5.03. The summed E-state index contributed by atoms with van der Waals surface area (Å²) in [6.07, 6.45) is 4.15. The van der Waals surface area contributed by atoms with E-state index in [0.29, 0.717) is 19.5 Å². The van der Waals surface area contributed by atoms with E-state index < -0.39 is 6.29 Å². The van der Waals surface area contributed by atoms with Crippen LogP contribution in [0.15, 0.2) is 0 Å². The fourth-order valence-electron chi connectivity index (χ4n) is 0.814. The third-order valence-electron chi connectivity index (χ3n) is 1.67. The Kier molecular flexibility index (Phi) is 15.5. The maximum absolute atomic E-state index is 10.4. The van der Waals surface area contributed by atoms with E-state index in [-0.39, 0.29) is 17.4 Å². The van der Waals surface area contributed by atoms with Crippen molar-refractivity contribution in [3.63, 3.8) is 0 Å². The summed E-state index contributed by atoms with van der Waals surface area (Å²) in [7, 11) is 0. The van der Waals surface area contributed by atoms with Crippen molar-refractivity contribution in [3.8, 4) is 0 Å². The molecule has 0 N–H and O–H groups in total. The first-order chi connectivity index (χ1) is 6.35. The smallest absolute Gasteiger partial charge is 0.214 e. The van der Waals surface area contributed by atoms with Gasteiger partial charge >= 0.3 is 0 Å². The van der Waals surface area contributed by atoms with Crippen molar-refractivity contribution >= 4 is 23.6 Å². The van der Waals surface area contributed by atoms with Gasteiger partial charge in [0.25, 0.3) is 0 Å². The van der Waals surface area contributed by atoms with Gasteiger partial charge in [0.15, 0.2) is 23.6 Å². The van der Waals surface area contributed by atoms with Gasteiger partial charge in [-0.1, -0.05) is 26.7 Å². The number of unbranched alkanes of at least 4 members (excludes halogenated alkanes) is 2. The molecule has 0 aromatic rings. The van der Waals surface area contributed by atoms with Crippen LogP contribution in [0.25, 0.3) is 0 Å². The minimum absolute atomic E-state index is 0. The third-order valence-corrected chi connectivity index (χ3v) is 1.67. The minimum atomic E-state index is -0.655. The van der Waals surface area contributed by atoms with Crippen LogP contribution in [0.3, 0.4) is 0 Å². The Morgan fingerprint density at radius 3 is 1.79 bits per heavy atom. The third kappa shape index (κ3) is 10.2. The molecule has 0 rings (SSSR count). The van der Waals surface area contributed by atoms with Crippen LogP contribution in [0.1, 0.15) is 39.5 Å². The molecule has 0 heterocycles. The number of carbonyl (C=O) groups is 1. The topological polar surface area (TPSA) is 35.5 Å². The highest BCUT2D eigenvalue weighted by atomic mass is 27.0. The average Bonchev–Trinajstić information content (AvgIpc) is 2.16. The van der Waals surface area contributed by atoms with Crippen LogP contribution >= 0.6 is 0 Å². The molecule has 84 valence electrons. The average molecular weight is 218 g/mol. The van der Waals surface area contributed by atoms with Crippen molar-refractivity contribution in [2.24, 2.45) is 0 Å². The van der Waals surface area contributed by atoms with E-state index in [2.05, 4.69) is 13.8 Å². The van der Waals surface area contributed by atoms with Crippen molar-refractivity contribution in [2.45, 2.75) is 45.8 Å². The molecule has 3 nitrogen and oxygen atoms in total. The van der Waals surface area contributed by atoms with Gasteiger partial charge in [0.2, 0.25) is 6.29 Å². The second-order valence-corrected chi connectivity index (χ2v) is 2.95. The summed E-state index contributed by atoms with van der Waals surface area (Å²) in [5.41, 5.74) is 0. The monoisotopic (exact) mass is 218 g/mol. The number of hydrogen-bond donors (Lipinski definition) is 0. The van der Waals surface area contributed by atoms with Gasteiger partial charge in [-0.2, -0.15) is 0 Å². The summed E-state index contributed by atoms with van der Waals surface area (Å²) >= 11 is 0. The van der Waals surface area contributed by atoms with Crippen LogP contribution in [0, 0.1) is 0 Å².